The minimum absolute atomic E-state index is 0.0444. The van der Waals surface area contributed by atoms with E-state index >= 15 is 0 Å². The zero-order valence-corrected chi connectivity index (χ0v) is 11.3. The lowest BCUT2D eigenvalue weighted by Gasteiger charge is -2.28. The first-order valence-electron chi connectivity index (χ1n) is 6.70. The van der Waals surface area contributed by atoms with Crippen LogP contribution in [-0.4, -0.2) is 41.5 Å². The molecule has 3 N–H and O–H groups in total. The summed E-state index contributed by atoms with van der Waals surface area (Å²) in [6.45, 7) is 5.65. The second-order valence-corrected chi connectivity index (χ2v) is 5.20. The number of carboxylic acids is 1. The molecule has 1 atom stereocenters. The van der Waals surface area contributed by atoms with Crippen molar-refractivity contribution in [3.05, 3.63) is 0 Å². The molecule has 1 saturated heterocycles. The van der Waals surface area contributed by atoms with Gasteiger partial charge in [-0.3, -0.25) is 9.59 Å². The largest absolute Gasteiger partial charge is 0.481 e. The van der Waals surface area contributed by atoms with Gasteiger partial charge in [-0.15, -0.1) is 0 Å². The molecular formula is C13H24N2O3. The Kier molecular flexibility index (Phi) is 5.14. The van der Waals surface area contributed by atoms with Crippen LogP contribution in [-0.2, 0) is 9.59 Å². The summed E-state index contributed by atoms with van der Waals surface area (Å²) in [5.41, 5.74) is 4.69. The van der Waals surface area contributed by atoms with Gasteiger partial charge in [0, 0.05) is 19.5 Å². The summed E-state index contributed by atoms with van der Waals surface area (Å²) in [5, 5.41) is 9.32. The fourth-order valence-corrected chi connectivity index (χ4v) is 2.53. The molecular weight excluding hydrogens is 232 g/mol. The molecule has 18 heavy (non-hydrogen) atoms. The maximum Gasteiger partial charge on any atom is 0.310 e. The van der Waals surface area contributed by atoms with Gasteiger partial charge in [-0.2, -0.15) is 0 Å². The van der Waals surface area contributed by atoms with Crippen molar-refractivity contribution in [2.45, 2.75) is 39.5 Å². The Hall–Kier alpha value is -1.10. The van der Waals surface area contributed by atoms with Crippen molar-refractivity contribution in [3.8, 4) is 0 Å². The highest BCUT2D eigenvalue weighted by atomic mass is 16.4. The summed E-state index contributed by atoms with van der Waals surface area (Å²) >= 11 is 0. The van der Waals surface area contributed by atoms with Gasteiger partial charge in [-0.25, -0.2) is 0 Å². The van der Waals surface area contributed by atoms with E-state index in [4.69, 9.17) is 5.73 Å². The Morgan fingerprint density at radius 1 is 1.39 bits per heavy atom. The van der Waals surface area contributed by atoms with Crippen molar-refractivity contribution in [2.75, 3.05) is 19.6 Å². The molecule has 0 aromatic heterocycles. The van der Waals surface area contributed by atoms with Crippen molar-refractivity contribution in [3.63, 3.8) is 0 Å². The Morgan fingerprint density at radius 3 is 2.39 bits per heavy atom. The van der Waals surface area contributed by atoms with Crippen LogP contribution in [0.5, 0.6) is 0 Å². The number of amides is 1. The molecule has 0 spiro atoms. The molecule has 0 aromatic rings. The quantitative estimate of drug-likeness (QED) is 0.744. The Morgan fingerprint density at radius 2 is 2.00 bits per heavy atom. The van der Waals surface area contributed by atoms with Crippen molar-refractivity contribution in [1.29, 1.82) is 0 Å². The molecule has 1 fully saturated rings. The third kappa shape index (κ3) is 3.02. The molecule has 0 saturated carbocycles. The van der Waals surface area contributed by atoms with E-state index in [9.17, 15) is 14.7 Å². The van der Waals surface area contributed by atoms with Crippen LogP contribution in [0.25, 0.3) is 0 Å². The normalized spacial score (nSPS) is 20.2. The molecule has 5 nitrogen and oxygen atoms in total. The number of nitrogens with zero attached hydrogens (tertiary/aromatic N) is 1. The lowest BCUT2D eigenvalue weighted by Crippen LogP contribution is -2.38. The van der Waals surface area contributed by atoms with Crippen LogP contribution in [0.1, 0.15) is 39.5 Å². The molecule has 1 aliphatic rings. The van der Waals surface area contributed by atoms with Crippen LogP contribution in [0.4, 0.5) is 0 Å². The molecule has 1 aliphatic heterocycles. The minimum atomic E-state index is -0.905. The van der Waals surface area contributed by atoms with Gasteiger partial charge in [0.05, 0.1) is 5.41 Å². The highest BCUT2D eigenvalue weighted by molar-refractivity contribution is 5.85. The van der Waals surface area contributed by atoms with E-state index in [1.165, 1.54) is 0 Å². The van der Waals surface area contributed by atoms with Gasteiger partial charge >= 0.3 is 5.97 Å². The van der Waals surface area contributed by atoms with E-state index in [0.717, 1.165) is 6.42 Å². The van der Waals surface area contributed by atoms with E-state index in [0.29, 0.717) is 38.4 Å². The second kappa shape index (κ2) is 6.18. The fourth-order valence-electron chi connectivity index (χ4n) is 2.53. The number of rotatable bonds is 6. The molecule has 1 heterocycles. The topological polar surface area (TPSA) is 83.6 Å². The van der Waals surface area contributed by atoms with Crippen molar-refractivity contribution in [1.82, 2.24) is 4.90 Å². The Labute approximate surface area is 108 Å². The van der Waals surface area contributed by atoms with Crippen molar-refractivity contribution in [2.24, 2.45) is 17.1 Å². The monoisotopic (exact) mass is 256 g/mol. The van der Waals surface area contributed by atoms with Crippen molar-refractivity contribution >= 4 is 11.9 Å². The number of hydrogen-bond donors (Lipinski definition) is 2. The van der Waals surface area contributed by atoms with Gasteiger partial charge < -0.3 is 15.7 Å². The molecule has 5 heteroatoms. The van der Waals surface area contributed by atoms with E-state index in [1.54, 1.807) is 4.90 Å². The number of aliphatic carboxylic acids is 1. The third-order valence-electron chi connectivity index (χ3n) is 4.27. The zero-order chi connectivity index (χ0) is 13.8. The Bertz CT molecular complexity index is 313. The first-order chi connectivity index (χ1) is 8.49. The zero-order valence-electron chi connectivity index (χ0n) is 11.3. The maximum atomic E-state index is 12.2. The summed E-state index contributed by atoms with van der Waals surface area (Å²) in [6, 6.07) is 0. The summed E-state index contributed by atoms with van der Waals surface area (Å²) in [6.07, 6.45) is 2.00. The first kappa shape index (κ1) is 15.0. The molecule has 104 valence electrons. The lowest BCUT2D eigenvalue weighted by atomic mass is 9.79. The summed E-state index contributed by atoms with van der Waals surface area (Å²) in [5.74, 6) is -0.538. The van der Waals surface area contributed by atoms with Crippen LogP contribution in [0, 0.1) is 11.3 Å². The van der Waals surface area contributed by atoms with Gasteiger partial charge in [-0.05, 0) is 31.7 Å². The second-order valence-electron chi connectivity index (χ2n) is 5.20. The van der Waals surface area contributed by atoms with Gasteiger partial charge in [0.2, 0.25) is 5.91 Å². The first-order valence-corrected chi connectivity index (χ1v) is 6.70. The average Bonchev–Trinajstić information content (AvgIpc) is 2.84. The minimum Gasteiger partial charge on any atom is -0.481 e. The number of hydrogen-bond acceptors (Lipinski definition) is 3. The maximum absolute atomic E-state index is 12.2. The van der Waals surface area contributed by atoms with Gasteiger partial charge in [0.1, 0.15) is 0 Å². The van der Waals surface area contributed by atoms with Crippen LogP contribution in [0.2, 0.25) is 0 Å². The third-order valence-corrected chi connectivity index (χ3v) is 4.27. The summed E-state index contributed by atoms with van der Waals surface area (Å²) in [7, 11) is 0. The molecule has 1 unspecified atom stereocenters. The van der Waals surface area contributed by atoms with Crippen LogP contribution in [0.3, 0.4) is 0 Å². The molecule has 0 aromatic carbocycles. The molecule has 0 bridgehead atoms. The van der Waals surface area contributed by atoms with E-state index in [2.05, 4.69) is 0 Å². The molecule has 1 amide bonds. The number of nitrogens with two attached hydrogens (primary N) is 1. The number of carbonyl (C=O) groups is 2. The van der Waals surface area contributed by atoms with Crippen LogP contribution < -0.4 is 5.73 Å². The number of carbonyl (C=O) groups excluding carboxylic acids is 1. The van der Waals surface area contributed by atoms with Crippen molar-refractivity contribution < 1.29 is 14.7 Å². The van der Waals surface area contributed by atoms with E-state index < -0.39 is 11.4 Å². The van der Waals surface area contributed by atoms with Gasteiger partial charge in [0.15, 0.2) is 0 Å². The molecule has 0 aliphatic carbocycles. The smallest absolute Gasteiger partial charge is 0.310 e. The highest BCUT2D eigenvalue weighted by Crippen LogP contribution is 2.32. The van der Waals surface area contributed by atoms with Gasteiger partial charge in [0.25, 0.3) is 0 Å². The standard InChI is InChI=1S/C13H24N2O3/c1-3-13(4-2,12(17)18)7-11(16)15-6-5-10(8-14)9-15/h10H,3-9,14H2,1-2H3,(H,17,18). The van der Waals surface area contributed by atoms with E-state index in [-0.39, 0.29) is 12.3 Å². The fraction of sp³-hybridized carbons (Fsp3) is 0.846. The lowest BCUT2D eigenvalue weighted by molar-refractivity contribution is -0.154. The predicted octanol–water partition coefficient (Wildman–Crippen LogP) is 1.07. The van der Waals surface area contributed by atoms with Crippen LogP contribution >= 0.6 is 0 Å². The van der Waals surface area contributed by atoms with Crippen LogP contribution in [0.15, 0.2) is 0 Å². The van der Waals surface area contributed by atoms with Gasteiger partial charge in [-0.1, -0.05) is 13.8 Å². The highest BCUT2D eigenvalue weighted by Gasteiger charge is 2.39. The molecule has 0 radical (unpaired) electrons. The Balaban J connectivity index is 2.65. The summed E-state index contributed by atoms with van der Waals surface area (Å²) in [4.78, 5) is 25.3. The molecule has 1 rings (SSSR count). The number of likely N-dealkylation sites (tertiary alicyclic amines) is 1. The number of carboxylic acid groups (broad SMARTS) is 1. The summed E-state index contributed by atoms with van der Waals surface area (Å²) < 4.78 is 0. The van der Waals surface area contributed by atoms with E-state index in [1.807, 2.05) is 13.8 Å². The average molecular weight is 256 g/mol. The SMILES string of the molecule is CCC(CC)(CC(=O)N1CCC(CN)C1)C(=O)O. The predicted molar refractivity (Wildman–Crippen MR) is 69.0 cm³/mol.